The van der Waals surface area contributed by atoms with Crippen LogP contribution in [-0.4, -0.2) is 24.3 Å². The van der Waals surface area contributed by atoms with Gasteiger partial charge in [-0.25, -0.2) is 0 Å². The Kier molecular flexibility index (Phi) is 4.14. The van der Waals surface area contributed by atoms with Crippen molar-refractivity contribution < 1.29 is 4.52 Å². The molecule has 20 heavy (non-hydrogen) atoms. The van der Waals surface area contributed by atoms with Gasteiger partial charge < -0.3 is 15.2 Å². The van der Waals surface area contributed by atoms with E-state index in [1.54, 1.807) is 0 Å². The van der Waals surface area contributed by atoms with Gasteiger partial charge in [-0.05, 0) is 32.9 Å². The van der Waals surface area contributed by atoms with Crippen molar-refractivity contribution in [3.8, 4) is 11.3 Å². The maximum absolute atomic E-state index is 5.43. The van der Waals surface area contributed by atoms with Crippen LogP contribution in [0.2, 0.25) is 0 Å². The summed E-state index contributed by atoms with van der Waals surface area (Å²) in [5, 5.41) is 11.1. The predicted octanol–water partition coefficient (Wildman–Crippen LogP) is 2.49. The fraction of sp³-hybridized carbons (Fsp3) is 0.438. The number of benzene rings is 1. The van der Waals surface area contributed by atoms with Gasteiger partial charge in [0.1, 0.15) is 0 Å². The first kappa shape index (κ1) is 13.3. The number of nitrogens with one attached hydrogen (secondary N) is 2. The summed E-state index contributed by atoms with van der Waals surface area (Å²) in [4.78, 5) is 0. The van der Waals surface area contributed by atoms with Gasteiger partial charge in [0.25, 0.3) is 0 Å². The second kappa shape index (κ2) is 6.20. The monoisotopic (exact) mass is 271 g/mol. The van der Waals surface area contributed by atoms with E-state index in [1.807, 2.05) is 6.07 Å². The molecule has 1 aromatic carbocycles. The standard InChI is InChI=1S/C16H21N3O/c1-12-2-4-13(5-3-12)16-10-15(19-20-16)11-18-14-6-8-17-9-7-14/h2-5,10,14,17-18H,6-9,11H2,1H3. The van der Waals surface area contributed by atoms with E-state index in [0.29, 0.717) is 6.04 Å². The molecule has 1 aromatic heterocycles. The second-order valence-electron chi connectivity index (χ2n) is 5.45. The van der Waals surface area contributed by atoms with Crippen LogP contribution in [0.1, 0.15) is 24.1 Å². The molecule has 0 saturated carbocycles. The molecular formula is C16H21N3O. The van der Waals surface area contributed by atoms with Crippen LogP contribution >= 0.6 is 0 Å². The quantitative estimate of drug-likeness (QED) is 0.897. The molecule has 0 spiro atoms. The van der Waals surface area contributed by atoms with Gasteiger partial charge in [-0.2, -0.15) is 0 Å². The molecule has 0 radical (unpaired) electrons. The van der Waals surface area contributed by atoms with E-state index < -0.39 is 0 Å². The first-order chi connectivity index (χ1) is 9.81. The van der Waals surface area contributed by atoms with Crippen molar-refractivity contribution in [1.82, 2.24) is 15.8 Å². The van der Waals surface area contributed by atoms with Crippen LogP contribution in [0.5, 0.6) is 0 Å². The van der Waals surface area contributed by atoms with Crippen LogP contribution in [0.15, 0.2) is 34.9 Å². The summed E-state index contributed by atoms with van der Waals surface area (Å²) in [6, 6.07) is 10.9. The molecule has 4 heteroatoms. The van der Waals surface area contributed by atoms with E-state index in [0.717, 1.165) is 36.7 Å². The summed E-state index contributed by atoms with van der Waals surface area (Å²) in [6.07, 6.45) is 2.37. The third-order valence-corrected chi connectivity index (χ3v) is 3.81. The third-order valence-electron chi connectivity index (χ3n) is 3.81. The minimum Gasteiger partial charge on any atom is -0.356 e. The molecule has 106 valence electrons. The van der Waals surface area contributed by atoms with Crippen molar-refractivity contribution in [2.75, 3.05) is 13.1 Å². The van der Waals surface area contributed by atoms with Crippen molar-refractivity contribution in [2.24, 2.45) is 0 Å². The van der Waals surface area contributed by atoms with Crippen LogP contribution < -0.4 is 10.6 Å². The summed E-state index contributed by atoms with van der Waals surface area (Å²) >= 11 is 0. The van der Waals surface area contributed by atoms with Crippen molar-refractivity contribution >= 4 is 0 Å². The average Bonchev–Trinajstić information content (AvgIpc) is 2.96. The number of aryl methyl sites for hydroxylation is 1. The van der Waals surface area contributed by atoms with Gasteiger partial charge in [0.05, 0.1) is 5.69 Å². The Morgan fingerprint density at radius 2 is 2.00 bits per heavy atom. The Labute approximate surface area is 119 Å². The van der Waals surface area contributed by atoms with Crippen LogP contribution in [0.4, 0.5) is 0 Å². The van der Waals surface area contributed by atoms with E-state index in [-0.39, 0.29) is 0 Å². The topological polar surface area (TPSA) is 50.1 Å². The molecule has 0 bridgehead atoms. The van der Waals surface area contributed by atoms with Gasteiger partial charge in [0.15, 0.2) is 5.76 Å². The summed E-state index contributed by atoms with van der Waals surface area (Å²) in [7, 11) is 0. The number of rotatable bonds is 4. The molecule has 4 nitrogen and oxygen atoms in total. The highest BCUT2D eigenvalue weighted by Gasteiger charge is 2.13. The largest absolute Gasteiger partial charge is 0.356 e. The summed E-state index contributed by atoms with van der Waals surface area (Å²) < 4.78 is 5.43. The SMILES string of the molecule is Cc1ccc(-c2cc(CNC3CCNCC3)no2)cc1. The van der Waals surface area contributed by atoms with Gasteiger partial charge in [-0.3, -0.25) is 0 Å². The second-order valence-corrected chi connectivity index (χ2v) is 5.45. The predicted molar refractivity (Wildman–Crippen MR) is 79.4 cm³/mol. The molecule has 2 N–H and O–H groups in total. The molecule has 0 aliphatic carbocycles. The molecule has 0 unspecified atom stereocenters. The summed E-state index contributed by atoms with van der Waals surface area (Å²) in [5.41, 5.74) is 3.30. The van der Waals surface area contributed by atoms with E-state index in [9.17, 15) is 0 Å². The highest BCUT2D eigenvalue weighted by atomic mass is 16.5. The van der Waals surface area contributed by atoms with E-state index in [2.05, 4.69) is 47.0 Å². The Bertz CT molecular complexity index is 541. The van der Waals surface area contributed by atoms with Gasteiger partial charge in [0.2, 0.25) is 0 Å². The lowest BCUT2D eigenvalue weighted by atomic mass is 10.1. The van der Waals surface area contributed by atoms with Gasteiger partial charge in [-0.1, -0.05) is 35.0 Å². The zero-order valence-corrected chi connectivity index (χ0v) is 11.9. The van der Waals surface area contributed by atoms with Crippen molar-refractivity contribution in [3.63, 3.8) is 0 Å². The van der Waals surface area contributed by atoms with Crippen molar-refractivity contribution in [2.45, 2.75) is 32.4 Å². The van der Waals surface area contributed by atoms with Crippen molar-refractivity contribution in [3.05, 3.63) is 41.6 Å². The molecule has 1 aliphatic rings. The fourth-order valence-electron chi connectivity index (χ4n) is 2.52. The fourth-order valence-corrected chi connectivity index (χ4v) is 2.52. The molecule has 2 heterocycles. The van der Waals surface area contributed by atoms with Gasteiger partial charge >= 0.3 is 0 Å². The number of piperidine rings is 1. The van der Waals surface area contributed by atoms with E-state index in [4.69, 9.17) is 4.52 Å². The Hall–Kier alpha value is -1.65. The van der Waals surface area contributed by atoms with E-state index >= 15 is 0 Å². The molecule has 0 atom stereocenters. The highest BCUT2D eigenvalue weighted by Crippen LogP contribution is 2.20. The average molecular weight is 271 g/mol. The maximum Gasteiger partial charge on any atom is 0.167 e. The Morgan fingerprint density at radius 1 is 1.25 bits per heavy atom. The van der Waals surface area contributed by atoms with Crippen LogP contribution in [0, 0.1) is 6.92 Å². The lowest BCUT2D eigenvalue weighted by molar-refractivity contribution is 0.374. The minimum atomic E-state index is 0.593. The molecule has 1 fully saturated rings. The first-order valence-corrected chi connectivity index (χ1v) is 7.28. The van der Waals surface area contributed by atoms with Crippen LogP contribution in [-0.2, 0) is 6.54 Å². The molecule has 0 amide bonds. The molecule has 1 aliphatic heterocycles. The molecular weight excluding hydrogens is 250 g/mol. The smallest absolute Gasteiger partial charge is 0.167 e. The lowest BCUT2D eigenvalue weighted by Gasteiger charge is -2.23. The van der Waals surface area contributed by atoms with Gasteiger partial charge in [-0.15, -0.1) is 0 Å². The Morgan fingerprint density at radius 3 is 2.75 bits per heavy atom. The zero-order chi connectivity index (χ0) is 13.8. The van der Waals surface area contributed by atoms with Gasteiger partial charge in [0, 0.05) is 24.2 Å². The Balaban J connectivity index is 1.60. The number of hydrogen-bond donors (Lipinski definition) is 2. The minimum absolute atomic E-state index is 0.593. The maximum atomic E-state index is 5.43. The number of aromatic nitrogens is 1. The lowest BCUT2D eigenvalue weighted by Crippen LogP contribution is -2.39. The summed E-state index contributed by atoms with van der Waals surface area (Å²) in [5.74, 6) is 0.840. The third kappa shape index (κ3) is 3.26. The van der Waals surface area contributed by atoms with Crippen LogP contribution in [0.25, 0.3) is 11.3 Å². The van der Waals surface area contributed by atoms with Crippen molar-refractivity contribution in [1.29, 1.82) is 0 Å². The molecule has 1 saturated heterocycles. The normalized spacial score (nSPS) is 16.4. The number of hydrogen-bond acceptors (Lipinski definition) is 4. The number of nitrogens with zero attached hydrogens (tertiary/aromatic N) is 1. The first-order valence-electron chi connectivity index (χ1n) is 7.28. The molecule has 2 aromatic rings. The molecule has 3 rings (SSSR count). The highest BCUT2D eigenvalue weighted by molar-refractivity contribution is 5.57. The van der Waals surface area contributed by atoms with Crippen LogP contribution in [0.3, 0.4) is 0 Å². The van der Waals surface area contributed by atoms with E-state index in [1.165, 1.54) is 18.4 Å². The zero-order valence-electron chi connectivity index (χ0n) is 11.9. The summed E-state index contributed by atoms with van der Waals surface area (Å²) in [6.45, 7) is 5.06.